The maximum absolute atomic E-state index is 12.4. The molecule has 1 fully saturated rings. The monoisotopic (exact) mass is 341 g/mol. The molecule has 0 aliphatic carbocycles. The SMILES string of the molecule is CCC1(c2ccc(NC(=O)CN3CC=CC3)cc2)CCC(=O)NC1=O. The molecule has 0 saturated carbocycles. The number of hydrogen-bond acceptors (Lipinski definition) is 4. The van der Waals surface area contributed by atoms with Crippen LogP contribution < -0.4 is 10.6 Å². The highest BCUT2D eigenvalue weighted by atomic mass is 16.2. The number of piperidine rings is 1. The fraction of sp³-hybridized carbons (Fsp3) is 0.421. The summed E-state index contributed by atoms with van der Waals surface area (Å²) in [6.07, 6.45) is 5.59. The van der Waals surface area contributed by atoms with Crippen molar-refractivity contribution in [3.8, 4) is 0 Å². The van der Waals surface area contributed by atoms with Crippen molar-refractivity contribution in [2.75, 3.05) is 25.0 Å². The molecule has 1 aromatic rings. The molecule has 6 nitrogen and oxygen atoms in total. The van der Waals surface area contributed by atoms with E-state index in [9.17, 15) is 14.4 Å². The zero-order chi connectivity index (χ0) is 17.9. The van der Waals surface area contributed by atoms with Gasteiger partial charge in [0.2, 0.25) is 17.7 Å². The zero-order valence-corrected chi connectivity index (χ0v) is 14.4. The van der Waals surface area contributed by atoms with Gasteiger partial charge in [-0.25, -0.2) is 0 Å². The second-order valence-electron chi connectivity index (χ2n) is 6.60. The van der Waals surface area contributed by atoms with Crippen LogP contribution >= 0.6 is 0 Å². The minimum atomic E-state index is -0.669. The van der Waals surface area contributed by atoms with Gasteiger partial charge in [0.05, 0.1) is 12.0 Å². The van der Waals surface area contributed by atoms with Gasteiger partial charge >= 0.3 is 0 Å². The summed E-state index contributed by atoms with van der Waals surface area (Å²) in [7, 11) is 0. The summed E-state index contributed by atoms with van der Waals surface area (Å²) >= 11 is 0. The van der Waals surface area contributed by atoms with E-state index in [2.05, 4.69) is 10.6 Å². The first kappa shape index (κ1) is 17.4. The van der Waals surface area contributed by atoms with Crippen molar-refractivity contribution in [2.45, 2.75) is 31.6 Å². The van der Waals surface area contributed by atoms with Crippen LogP contribution in [0, 0.1) is 0 Å². The average molecular weight is 341 g/mol. The molecule has 0 spiro atoms. The van der Waals surface area contributed by atoms with Gasteiger partial charge in [-0.2, -0.15) is 0 Å². The second-order valence-corrected chi connectivity index (χ2v) is 6.60. The minimum absolute atomic E-state index is 0.0531. The average Bonchev–Trinajstić information content (AvgIpc) is 3.09. The maximum Gasteiger partial charge on any atom is 0.238 e. The first-order chi connectivity index (χ1) is 12.0. The maximum atomic E-state index is 12.4. The summed E-state index contributed by atoms with van der Waals surface area (Å²) in [5.41, 5.74) is 0.915. The third kappa shape index (κ3) is 3.64. The van der Waals surface area contributed by atoms with Gasteiger partial charge in [-0.15, -0.1) is 0 Å². The van der Waals surface area contributed by atoms with Crippen molar-refractivity contribution in [1.29, 1.82) is 0 Å². The zero-order valence-electron chi connectivity index (χ0n) is 14.4. The van der Waals surface area contributed by atoms with Gasteiger partial charge < -0.3 is 5.32 Å². The Hall–Kier alpha value is -2.47. The highest BCUT2D eigenvalue weighted by Gasteiger charge is 2.42. The lowest BCUT2D eigenvalue weighted by Crippen LogP contribution is -2.51. The van der Waals surface area contributed by atoms with Crippen molar-refractivity contribution >= 4 is 23.4 Å². The van der Waals surface area contributed by atoms with Crippen LogP contribution in [0.15, 0.2) is 36.4 Å². The number of benzene rings is 1. The van der Waals surface area contributed by atoms with Crippen LogP contribution in [0.1, 0.15) is 31.7 Å². The Balaban J connectivity index is 1.67. The van der Waals surface area contributed by atoms with E-state index < -0.39 is 5.41 Å². The molecule has 1 aromatic carbocycles. The van der Waals surface area contributed by atoms with Crippen LogP contribution in [0.25, 0.3) is 0 Å². The van der Waals surface area contributed by atoms with Gasteiger partial charge in [-0.3, -0.25) is 24.6 Å². The summed E-state index contributed by atoms with van der Waals surface area (Å²) in [5, 5.41) is 5.33. The molecule has 25 heavy (non-hydrogen) atoms. The van der Waals surface area contributed by atoms with Crippen LogP contribution in [0.2, 0.25) is 0 Å². The molecule has 0 aromatic heterocycles. The van der Waals surface area contributed by atoms with Gasteiger partial charge in [0.1, 0.15) is 0 Å². The van der Waals surface area contributed by atoms with Gasteiger partial charge in [0.25, 0.3) is 0 Å². The molecule has 1 atom stereocenters. The van der Waals surface area contributed by atoms with E-state index in [0.717, 1.165) is 18.7 Å². The van der Waals surface area contributed by atoms with Gasteiger partial charge in [-0.1, -0.05) is 31.2 Å². The van der Waals surface area contributed by atoms with Crippen LogP contribution in [0.5, 0.6) is 0 Å². The van der Waals surface area contributed by atoms with Crippen molar-refractivity contribution in [2.24, 2.45) is 0 Å². The normalized spacial score (nSPS) is 23.6. The summed E-state index contributed by atoms with van der Waals surface area (Å²) in [4.78, 5) is 38.0. The molecule has 2 aliphatic rings. The Bertz CT molecular complexity index is 703. The Labute approximate surface area is 147 Å². The van der Waals surface area contributed by atoms with Crippen LogP contribution in [0.4, 0.5) is 5.69 Å². The van der Waals surface area contributed by atoms with Crippen molar-refractivity contribution in [1.82, 2.24) is 10.2 Å². The first-order valence-corrected chi connectivity index (χ1v) is 8.65. The Kier molecular flexibility index (Phi) is 4.99. The van der Waals surface area contributed by atoms with E-state index >= 15 is 0 Å². The molecule has 2 aliphatic heterocycles. The van der Waals surface area contributed by atoms with E-state index in [0.29, 0.717) is 31.5 Å². The molecule has 0 radical (unpaired) electrons. The third-order valence-electron chi connectivity index (χ3n) is 5.05. The second kappa shape index (κ2) is 7.19. The predicted octanol–water partition coefficient (Wildman–Crippen LogP) is 1.58. The van der Waals surface area contributed by atoms with E-state index in [1.54, 1.807) is 0 Å². The Morgan fingerprint density at radius 3 is 2.48 bits per heavy atom. The van der Waals surface area contributed by atoms with Crippen LogP contribution in [-0.2, 0) is 19.8 Å². The molecular formula is C19H23N3O3. The van der Waals surface area contributed by atoms with Crippen LogP contribution in [0.3, 0.4) is 0 Å². The number of anilines is 1. The highest BCUT2D eigenvalue weighted by Crippen LogP contribution is 2.36. The van der Waals surface area contributed by atoms with Crippen molar-refractivity contribution in [3.63, 3.8) is 0 Å². The summed E-state index contributed by atoms with van der Waals surface area (Å²) in [6.45, 7) is 3.92. The number of carbonyl (C=O) groups is 3. The lowest BCUT2D eigenvalue weighted by molar-refractivity contribution is -0.138. The van der Waals surface area contributed by atoms with Gasteiger partial charge in [-0.05, 0) is 30.5 Å². The molecule has 0 bridgehead atoms. The number of carbonyl (C=O) groups excluding carboxylic acids is 3. The quantitative estimate of drug-likeness (QED) is 0.630. The molecule has 6 heteroatoms. The summed E-state index contributed by atoms with van der Waals surface area (Å²) in [6, 6.07) is 7.37. The number of nitrogens with one attached hydrogen (secondary N) is 2. The topological polar surface area (TPSA) is 78.5 Å². The molecule has 1 unspecified atom stereocenters. The minimum Gasteiger partial charge on any atom is -0.325 e. The number of imide groups is 1. The fourth-order valence-electron chi connectivity index (χ4n) is 3.49. The number of nitrogens with zero attached hydrogens (tertiary/aromatic N) is 1. The number of rotatable bonds is 5. The van der Waals surface area contributed by atoms with Gasteiger partial charge in [0.15, 0.2) is 0 Å². The van der Waals surface area contributed by atoms with E-state index in [1.807, 2.05) is 48.2 Å². The number of hydrogen-bond donors (Lipinski definition) is 2. The summed E-state index contributed by atoms with van der Waals surface area (Å²) in [5.74, 6) is -0.499. The lowest BCUT2D eigenvalue weighted by Gasteiger charge is -2.35. The predicted molar refractivity (Wildman–Crippen MR) is 95.0 cm³/mol. The molecule has 2 N–H and O–H groups in total. The first-order valence-electron chi connectivity index (χ1n) is 8.65. The molecular weight excluding hydrogens is 318 g/mol. The third-order valence-corrected chi connectivity index (χ3v) is 5.05. The lowest BCUT2D eigenvalue weighted by atomic mass is 9.72. The molecule has 3 amide bonds. The summed E-state index contributed by atoms with van der Waals surface area (Å²) < 4.78 is 0. The largest absolute Gasteiger partial charge is 0.325 e. The standard InChI is InChI=1S/C19H23N3O3/c1-2-19(10-9-16(23)21-18(19)25)14-5-7-15(8-6-14)20-17(24)13-22-11-3-4-12-22/h3-8H,2,9-13H2,1H3,(H,20,24)(H,21,23,25). The van der Waals surface area contributed by atoms with Crippen molar-refractivity contribution in [3.05, 3.63) is 42.0 Å². The Morgan fingerprint density at radius 1 is 1.20 bits per heavy atom. The smallest absolute Gasteiger partial charge is 0.238 e. The Morgan fingerprint density at radius 2 is 1.88 bits per heavy atom. The number of amides is 3. The van der Waals surface area contributed by atoms with E-state index in [1.165, 1.54) is 0 Å². The highest BCUT2D eigenvalue weighted by molar-refractivity contribution is 6.03. The van der Waals surface area contributed by atoms with Crippen molar-refractivity contribution < 1.29 is 14.4 Å². The fourth-order valence-corrected chi connectivity index (χ4v) is 3.49. The molecule has 1 saturated heterocycles. The molecule has 2 heterocycles. The van der Waals surface area contributed by atoms with E-state index in [-0.39, 0.29) is 17.7 Å². The molecule has 3 rings (SSSR count). The van der Waals surface area contributed by atoms with E-state index in [4.69, 9.17) is 0 Å². The van der Waals surface area contributed by atoms with Crippen LogP contribution in [-0.4, -0.2) is 42.3 Å². The molecule has 132 valence electrons. The van der Waals surface area contributed by atoms with Gasteiger partial charge in [0, 0.05) is 25.2 Å².